The van der Waals surface area contributed by atoms with Crippen LogP contribution in [0.3, 0.4) is 0 Å². The lowest BCUT2D eigenvalue weighted by Crippen LogP contribution is -2.34. The molecule has 0 saturated carbocycles. The molecular weight excluding hydrogens is 358 g/mol. The van der Waals surface area contributed by atoms with Gasteiger partial charge in [0.25, 0.3) is 0 Å². The molecule has 0 aliphatic rings. The SMILES string of the molecule is COC(=O)C[C@@H](NC(=O)C(c1ccccc1)c1ccccc1)c1cccs1. The molecule has 27 heavy (non-hydrogen) atoms. The summed E-state index contributed by atoms with van der Waals surface area (Å²) in [7, 11) is 1.35. The molecule has 0 bridgehead atoms. The van der Waals surface area contributed by atoms with Crippen molar-refractivity contribution in [1.29, 1.82) is 0 Å². The molecule has 2 aromatic carbocycles. The van der Waals surface area contributed by atoms with E-state index in [0.29, 0.717) is 0 Å². The minimum Gasteiger partial charge on any atom is -0.469 e. The number of carbonyl (C=O) groups is 2. The van der Waals surface area contributed by atoms with E-state index in [1.807, 2.05) is 78.2 Å². The molecule has 1 heterocycles. The number of hydrogen-bond donors (Lipinski definition) is 1. The predicted octanol–water partition coefficient (Wildman–Crippen LogP) is 4.30. The number of nitrogens with one attached hydrogen (secondary N) is 1. The number of rotatable bonds is 7. The number of carbonyl (C=O) groups excluding carboxylic acids is 2. The van der Waals surface area contributed by atoms with Crippen LogP contribution in [0.4, 0.5) is 0 Å². The molecule has 1 atom stereocenters. The van der Waals surface area contributed by atoms with E-state index in [1.54, 1.807) is 0 Å². The average Bonchev–Trinajstić information content (AvgIpc) is 3.24. The summed E-state index contributed by atoms with van der Waals surface area (Å²) < 4.78 is 4.80. The van der Waals surface area contributed by atoms with Crippen molar-refractivity contribution in [2.24, 2.45) is 0 Å². The maximum Gasteiger partial charge on any atom is 0.307 e. The Bertz CT molecular complexity index is 824. The van der Waals surface area contributed by atoms with E-state index in [0.717, 1.165) is 16.0 Å². The smallest absolute Gasteiger partial charge is 0.307 e. The van der Waals surface area contributed by atoms with Crippen LogP contribution in [0.15, 0.2) is 78.2 Å². The molecule has 0 spiro atoms. The number of esters is 1. The Hall–Kier alpha value is -2.92. The fraction of sp³-hybridized carbons (Fsp3) is 0.182. The van der Waals surface area contributed by atoms with Gasteiger partial charge >= 0.3 is 5.97 Å². The summed E-state index contributed by atoms with van der Waals surface area (Å²) >= 11 is 1.51. The van der Waals surface area contributed by atoms with Gasteiger partial charge in [0.15, 0.2) is 0 Å². The van der Waals surface area contributed by atoms with Crippen LogP contribution in [-0.2, 0) is 14.3 Å². The van der Waals surface area contributed by atoms with Crippen molar-refractivity contribution in [3.05, 3.63) is 94.2 Å². The third-order valence-corrected chi connectivity index (χ3v) is 5.32. The van der Waals surface area contributed by atoms with Crippen LogP contribution in [-0.4, -0.2) is 19.0 Å². The Morgan fingerprint density at radius 3 is 2.00 bits per heavy atom. The number of ether oxygens (including phenoxy) is 1. The van der Waals surface area contributed by atoms with E-state index in [2.05, 4.69) is 5.32 Å². The number of amides is 1. The maximum absolute atomic E-state index is 13.3. The highest BCUT2D eigenvalue weighted by Gasteiger charge is 2.27. The molecule has 0 aliphatic heterocycles. The fourth-order valence-electron chi connectivity index (χ4n) is 3.00. The second-order valence-electron chi connectivity index (χ2n) is 6.11. The first-order valence-electron chi connectivity index (χ1n) is 8.69. The molecule has 0 aliphatic carbocycles. The molecule has 138 valence electrons. The molecule has 0 unspecified atom stereocenters. The minimum absolute atomic E-state index is 0.0963. The predicted molar refractivity (Wildman–Crippen MR) is 107 cm³/mol. The Balaban J connectivity index is 1.90. The summed E-state index contributed by atoms with van der Waals surface area (Å²) in [4.78, 5) is 26.0. The van der Waals surface area contributed by atoms with Crippen LogP contribution < -0.4 is 5.32 Å². The molecular formula is C22H21NO3S. The summed E-state index contributed by atoms with van der Waals surface area (Å²) in [6, 6.07) is 22.7. The zero-order chi connectivity index (χ0) is 19.1. The van der Waals surface area contributed by atoms with Crippen molar-refractivity contribution in [1.82, 2.24) is 5.32 Å². The Morgan fingerprint density at radius 1 is 0.926 bits per heavy atom. The maximum atomic E-state index is 13.3. The van der Waals surface area contributed by atoms with Crippen LogP contribution in [0.2, 0.25) is 0 Å². The summed E-state index contributed by atoms with van der Waals surface area (Å²) in [6.45, 7) is 0. The third-order valence-electron chi connectivity index (χ3n) is 4.33. The van der Waals surface area contributed by atoms with Crippen LogP contribution in [0.5, 0.6) is 0 Å². The zero-order valence-corrected chi connectivity index (χ0v) is 15.8. The lowest BCUT2D eigenvalue weighted by molar-refractivity contribution is -0.141. The van der Waals surface area contributed by atoms with E-state index >= 15 is 0 Å². The molecule has 0 radical (unpaired) electrons. The van der Waals surface area contributed by atoms with Gasteiger partial charge in [-0.2, -0.15) is 0 Å². The van der Waals surface area contributed by atoms with Crippen LogP contribution in [0, 0.1) is 0 Å². The molecule has 4 nitrogen and oxygen atoms in total. The van der Waals surface area contributed by atoms with Crippen molar-refractivity contribution >= 4 is 23.2 Å². The Kier molecular flexibility index (Phi) is 6.39. The van der Waals surface area contributed by atoms with Gasteiger partial charge in [0, 0.05) is 4.88 Å². The highest BCUT2D eigenvalue weighted by atomic mass is 32.1. The first kappa shape index (κ1) is 18.9. The van der Waals surface area contributed by atoms with E-state index < -0.39 is 12.0 Å². The van der Waals surface area contributed by atoms with Crippen molar-refractivity contribution in [2.45, 2.75) is 18.4 Å². The van der Waals surface area contributed by atoms with Crippen LogP contribution in [0.1, 0.15) is 34.4 Å². The fourth-order valence-corrected chi connectivity index (χ4v) is 3.78. The molecule has 3 rings (SSSR count). The second-order valence-corrected chi connectivity index (χ2v) is 7.09. The van der Waals surface area contributed by atoms with E-state index in [9.17, 15) is 9.59 Å². The first-order valence-corrected chi connectivity index (χ1v) is 9.57. The van der Waals surface area contributed by atoms with Gasteiger partial charge in [0.1, 0.15) is 0 Å². The highest BCUT2D eigenvalue weighted by Crippen LogP contribution is 2.28. The normalized spacial score (nSPS) is 11.8. The van der Waals surface area contributed by atoms with Gasteiger partial charge in [-0.05, 0) is 22.6 Å². The number of methoxy groups -OCH3 is 1. The van der Waals surface area contributed by atoms with Crippen LogP contribution >= 0.6 is 11.3 Å². The standard InChI is InChI=1S/C22H21NO3S/c1-26-20(24)15-18(19-13-8-14-27-19)23-22(25)21(16-9-4-2-5-10-16)17-11-6-3-7-12-17/h2-14,18,21H,15H2,1H3,(H,23,25)/t18-/m1/s1. The first-order chi connectivity index (χ1) is 13.2. The van der Waals surface area contributed by atoms with E-state index in [4.69, 9.17) is 4.74 Å². The van der Waals surface area contributed by atoms with Crippen LogP contribution in [0.25, 0.3) is 0 Å². The third kappa shape index (κ3) is 4.83. The van der Waals surface area contributed by atoms with Crippen molar-refractivity contribution in [3.63, 3.8) is 0 Å². The number of hydrogen-bond acceptors (Lipinski definition) is 4. The van der Waals surface area contributed by atoms with E-state index in [-0.39, 0.29) is 18.3 Å². The summed E-state index contributed by atoms with van der Waals surface area (Å²) in [6.07, 6.45) is 0.0963. The Morgan fingerprint density at radius 2 is 1.52 bits per heavy atom. The molecule has 5 heteroatoms. The summed E-state index contributed by atoms with van der Waals surface area (Å²) in [5.74, 6) is -0.952. The topological polar surface area (TPSA) is 55.4 Å². The number of thiophene rings is 1. The average molecular weight is 379 g/mol. The molecule has 1 aromatic heterocycles. The number of benzene rings is 2. The van der Waals surface area contributed by atoms with Gasteiger partial charge in [0.2, 0.25) is 5.91 Å². The minimum atomic E-state index is -0.451. The second kappa shape index (κ2) is 9.14. The van der Waals surface area contributed by atoms with Gasteiger partial charge in [-0.1, -0.05) is 66.7 Å². The summed E-state index contributed by atoms with van der Waals surface area (Å²) in [5.41, 5.74) is 1.81. The van der Waals surface area contributed by atoms with Gasteiger partial charge in [-0.15, -0.1) is 11.3 Å². The van der Waals surface area contributed by atoms with Gasteiger partial charge in [-0.3, -0.25) is 9.59 Å². The zero-order valence-electron chi connectivity index (χ0n) is 15.0. The highest BCUT2D eigenvalue weighted by molar-refractivity contribution is 7.10. The summed E-state index contributed by atoms with van der Waals surface area (Å²) in [5, 5.41) is 4.98. The molecule has 0 fully saturated rings. The van der Waals surface area contributed by atoms with Crippen molar-refractivity contribution in [2.75, 3.05) is 7.11 Å². The Labute approximate surface area is 162 Å². The molecule has 3 aromatic rings. The van der Waals surface area contributed by atoms with Crippen molar-refractivity contribution < 1.29 is 14.3 Å². The lowest BCUT2D eigenvalue weighted by atomic mass is 9.90. The lowest BCUT2D eigenvalue weighted by Gasteiger charge is -2.22. The monoisotopic (exact) mass is 379 g/mol. The molecule has 1 N–H and O–H groups in total. The molecule has 0 saturated heterocycles. The van der Waals surface area contributed by atoms with Gasteiger partial charge in [0.05, 0.1) is 25.5 Å². The quantitative estimate of drug-likeness (QED) is 0.623. The van der Waals surface area contributed by atoms with E-state index in [1.165, 1.54) is 18.4 Å². The van der Waals surface area contributed by atoms with Crippen molar-refractivity contribution in [3.8, 4) is 0 Å². The largest absolute Gasteiger partial charge is 0.469 e. The molecule has 1 amide bonds. The van der Waals surface area contributed by atoms with Gasteiger partial charge < -0.3 is 10.1 Å². The van der Waals surface area contributed by atoms with Gasteiger partial charge in [-0.25, -0.2) is 0 Å².